The van der Waals surface area contributed by atoms with Gasteiger partial charge in [0.05, 0.1) is 11.2 Å². The lowest BCUT2D eigenvalue weighted by Crippen LogP contribution is -2.12. The van der Waals surface area contributed by atoms with Gasteiger partial charge < -0.3 is 15.5 Å². The minimum atomic E-state index is -0.150. The molecule has 0 spiro atoms. The van der Waals surface area contributed by atoms with E-state index >= 15 is 0 Å². The lowest BCUT2D eigenvalue weighted by molar-refractivity contribution is 0.102. The van der Waals surface area contributed by atoms with E-state index in [0.29, 0.717) is 11.5 Å². The molecule has 0 saturated carbocycles. The Kier molecular flexibility index (Phi) is 7.15. The Morgan fingerprint density at radius 3 is 2.16 bits per heavy atom. The van der Waals surface area contributed by atoms with Gasteiger partial charge in [-0.25, -0.2) is 9.97 Å². The first kappa shape index (κ1) is 25.1. The summed E-state index contributed by atoms with van der Waals surface area (Å²) in [5.74, 6) is 0.354. The van der Waals surface area contributed by atoms with Crippen molar-refractivity contribution >= 4 is 34.1 Å². The highest BCUT2D eigenvalue weighted by atomic mass is 16.1. The molecule has 0 aliphatic rings. The Morgan fingerprint density at radius 1 is 0.789 bits per heavy atom. The van der Waals surface area contributed by atoms with Gasteiger partial charge in [0.15, 0.2) is 0 Å². The maximum absolute atomic E-state index is 12.8. The fraction of sp³-hybridized carbons (Fsp3) is 0.156. The number of anilines is 3. The Labute approximate surface area is 223 Å². The van der Waals surface area contributed by atoms with Crippen LogP contribution in [0.3, 0.4) is 0 Å². The third-order valence-electron chi connectivity index (χ3n) is 6.21. The molecule has 6 heteroatoms. The number of hydrogen-bond donors (Lipinski definition) is 2. The summed E-state index contributed by atoms with van der Waals surface area (Å²) in [5.41, 5.74) is 8.41. The van der Waals surface area contributed by atoms with Crippen LogP contribution in [0.15, 0.2) is 91.0 Å². The van der Waals surface area contributed by atoms with Crippen molar-refractivity contribution in [3.8, 4) is 11.3 Å². The van der Waals surface area contributed by atoms with Crippen LogP contribution in [0.4, 0.5) is 17.3 Å². The molecule has 38 heavy (non-hydrogen) atoms. The van der Waals surface area contributed by atoms with Crippen molar-refractivity contribution in [1.29, 1.82) is 0 Å². The van der Waals surface area contributed by atoms with Gasteiger partial charge in [0, 0.05) is 34.4 Å². The van der Waals surface area contributed by atoms with Crippen molar-refractivity contribution < 1.29 is 4.79 Å². The molecule has 2 N–H and O–H groups in total. The van der Waals surface area contributed by atoms with Crippen molar-refractivity contribution in [2.45, 2.75) is 20.4 Å². The number of nitrogens with one attached hydrogen (secondary N) is 2. The van der Waals surface area contributed by atoms with Gasteiger partial charge >= 0.3 is 0 Å². The van der Waals surface area contributed by atoms with E-state index in [4.69, 9.17) is 9.97 Å². The maximum Gasteiger partial charge on any atom is 0.255 e. The molecule has 1 amide bonds. The SMILES string of the molecule is Cc1cc(C)cc(NC(=O)c2ccc(Nc3nc(-c4ccc(CN(C)C)cc4)c4ccccc4n3)cc2)c1. The first-order valence-corrected chi connectivity index (χ1v) is 12.6. The lowest BCUT2D eigenvalue weighted by Gasteiger charge is -2.13. The number of hydrogen-bond acceptors (Lipinski definition) is 5. The van der Waals surface area contributed by atoms with Crippen molar-refractivity contribution in [2.75, 3.05) is 24.7 Å². The van der Waals surface area contributed by atoms with E-state index in [1.54, 1.807) is 12.1 Å². The Hall–Kier alpha value is -4.55. The quantitative estimate of drug-likeness (QED) is 0.252. The van der Waals surface area contributed by atoms with Crippen LogP contribution in [-0.4, -0.2) is 34.9 Å². The molecular formula is C32H31N5O. The number of amides is 1. The molecule has 0 fully saturated rings. The van der Waals surface area contributed by atoms with E-state index in [0.717, 1.165) is 51.2 Å². The minimum Gasteiger partial charge on any atom is -0.324 e. The number of carbonyl (C=O) groups excluding carboxylic acids is 1. The molecule has 4 aromatic carbocycles. The molecule has 0 saturated heterocycles. The van der Waals surface area contributed by atoms with E-state index in [1.807, 2.05) is 62.4 Å². The number of aryl methyl sites for hydroxylation is 2. The first-order chi connectivity index (χ1) is 18.3. The lowest BCUT2D eigenvalue weighted by atomic mass is 10.0. The van der Waals surface area contributed by atoms with Gasteiger partial charge in [0.1, 0.15) is 0 Å². The zero-order chi connectivity index (χ0) is 26.6. The van der Waals surface area contributed by atoms with E-state index < -0.39 is 0 Å². The molecule has 0 radical (unpaired) electrons. The second kappa shape index (κ2) is 10.8. The molecule has 1 heterocycles. The molecule has 190 valence electrons. The van der Waals surface area contributed by atoms with Gasteiger partial charge in [-0.2, -0.15) is 0 Å². The molecule has 0 aliphatic heterocycles. The van der Waals surface area contributed by atoms with Crippen molar-refractivity contribution in [3.63, 3.8) is 0 Å². The molecule has 5 rings (SSSR count). The highest BCUT2D eigenvalue weighted by Gasteiger charge is 2.12. The zero-order valence-corrected chi connectivity index (χ0v) is 22.1. The van der Waals surface area contributed by atoms with Crippen LogP contribution in [-0.2, 0) is 6.54 Å². The molecule has 0 atom stereocenters. The van der Waals surface area contributed by atoms with Crippen LogP contribution in [0.1, 0.15) is 27.0 Å². The highest BCUT2D eigenvalue weighted by molar-refractivity contribution is 6.04. The zero-order valence-electron chi connectivity index (χ0n) is 22.1. The average molecular weight is 502 g/mol. The summed E-state index contributed by atoms with van der Waals surface area (Å²) < 4.78 is 0. The van der Waals surface area contributed by atoms with E-state index in [1.165, 1.54) is 5.56 Å². The molecule has 0 aliphatic carbocycles. The predicted octanol–water partition coefficient (Wildman–Crippen LogP) is 6.97. The van der Waals surface area contributed by atoms with Crippen LogP contribution < -0.4 is 10.6 Å². The summed E-state index contributed by atoms with van der Waals surface area (Å²) >= 11 is 0. The van der Waals surface area contributed by atoms with Crippen LogP contribution in [0.5, 0.6) is 0 Å². The van der Waals surface area contributed by atoms with Crippen molar-refractivity contribution in [3.05, 3.63) is 113 Å². The third kappa shape index (κ3) is 5.88. The molecule has 0 unspecified atom stereocenters. The number of para-hydroxylation sites is 1. The number of aromatic nitrogens is 2. The standard InChI is InChI=1S/C32H31N5O/c1-21-17-22(2)19-27(18-21)33-31(38)25-13-15-26(16-14-25)34-32-35-29-8-6-5-7-28(29)30(36-32)24-11-9-23(10-12-24)20-37(3)4/h5-19H,20H2,1-4H3,(H,33,38)(H,34,35,36). The summed E-state index contributed by atoms with van der Waals surface area (Å²) in [6, 6.07) is 29.9. The topological polar surface area (TPSA) is 70.2 Å². The summed E-state index contributed by atoms with van der Waals surface area (Å²) in [4.78, 5) is 24.5. The predicted molar refractivity (Wildman–Crippen MR) is 156 cm³/mol. The second-order valence-corrected chi connectivity index (χ2v) is 9.88. The average Bonchev–Trinajstić information content (AvgIpc) is 2.88. The number of benzene rings is 4. The van der Waals surface area contributed by atoms with E-state index in [-0.39, 0.29) is 5.91 Å². The molecular weight excluding hydrogens is 470 g/mol. The summed E-state index contributed by atoms with van der Waals surface area (Å²) in [6.45, 7) is 4.92. The summed E-state index contributed by atoms with van der Waals surface area (Å²) in [7, 11) is 4.13. The van der Waals surface area contributed by atoms with E-state index in [2.05, 4.69) is 60.0 Å². The second-order valence-electron chi connectivity index (χ2n) is 9.88. The van der Waals surface area contributed by atoms with Crippen molar-refractivity contribution in [2.24, 2.45) is 0 Å². The normalized spacial score (nSPS) is 11.1. The summed E-state index contributed by atoms with van der Waals surface area (Å²) in [6.07, 6.45) is 0. The smallest absolute Gasteiger partial charge is 0.255 e. The van der Waals surface area contributed by atoms with Gasteiger partial charge in [0.2, 0.25) is 5.95 Å². The van der Waals surface area contributed by atoms with Crippen LogP contribution in [0.25, 0.3) is 22.2 Å². The molecule has 5 aromatic rings. The first-order valence-electron chi connectivity index (χ1n) is 12.6. The van der Waals surface area contributed by atoms with Gasteiger partial charge in [-0.1, -0.05) is 48.5 Å². The van der Waals surface area contributed by atoms with Crippen LogP contribution >= 0.6 is 0 Å². The number of carbonyl (C=O) groups is 1. The van der Waals surface area contributed by atoms with Crippen LogP contribution in [0, 0.1) is 13.8 Å². The fourth-order valence-electron chi connectivity index (χ4n) is 4.57. The minimum absolute atomic E-state index is 0.150. The fourth-order valence-corrected chi connectivity index (χ4v) is 4.57. The monoisotopic (exact) mass is 501 g/mol. The Morgan fingerprint density at radius 2 is 1.47 bits per heavy atom. The van der Waals surface area contributed by atoms with Gasteiger partial charge in [0.25, 0.3) is 5.91 Å². The van der Waals surface area contributed by atoms with E-state index in [9.17, 15) is 4.79 Å². The van der Waals surface area contributed by atoms with Gasteiger partial charge in [-0.3, -0.25) is 4.79 Å². The van der Waals surface area contributed by atoms with Crippen molar-refractivity contribution in [1.82, 2.24) is 14.9 Å². The maximum atomic E-state index is 12.8. The highest BCUT2D eigenvalue weighted by Crippen LogP contribution is 2.29. The van der Waals surface area contributed by atoms with Gasteiger partial charge in [-0.05, 0) is 87.1 Å². The third-order valence-corrected chi connectivity index (χ3v) is 6.21. The number of rotatable bonds is 7. The Balaban J connectivity index is 1.38. The summed E-state index contributed by atoms with van der Waals surface area (Å²) in [5, 5.41) is 7.29. The molecule has 6 nitrogen and oxygen atoms in total. The Bertz CT molecular complexity index is 1570. The molecule has 1 aromatic heterocycles. The largest absolute Gasteiger partial charge is 0.324 e. The van der Waals surface area contributed by atoms with Gasteiger partial charge in [-0.15, -0.1) is 0 Å². The molecule has 0 bridgehead atoms. The number of fused-ring (bicyclic) bond motifs is 1. The number of nitrogens with zero attached hydrogens (tertiary/aromatic N) is 3. The van der Waals surface area contributed by atoms with Crippen LogP contribution in [0.2, 0.25) is 0 Å².